The van der Waals surface area contributed by atoms with Gasteiger partial charge in [-0.25, -0.2) is 19.2 Å². The number of alkyl halides is 3. The van der Waals surface area contributed by atoms with Crippen LogP contribution >= 0.6 is 0 Å². The van der Waals surface area contributed by atoms with E-state index in [1.54, 1.807) is 13.1 Å². The zero-order valence-electron chi connectivity index (χ0n) is 15.6. The fourth-order valence-corrected chi connectivity index (χ4v) is 3.80. The van der Waals surface area contributed by atoms with Gasteiger partial charge in [0, 0.05) is 25.7 Å². The average Bonchev–Trinajstić information content (AvgIpc) is 3.43. The number of aromatic amines is 1. The Morgan fingerprint density at radius 1 is 1.27 bits per heavy atom. The van der Waals surface area contributed by atoms with Crippen molar-refractivity contribution in [3.8, 4) is 0 Å². The number of nitrogens with zero attached hydrogens (tertiary/aromatic N) is 7. The lowest BCUT2D eigenvalue weighted by Gasteiger charge is -2.33. The summed E-state index contributed by atoms with van der Waals surface area (Å²) >= 11 is 0. The maximum Gasteiger partial charge on any atom is 0.433 e. The van der Waals surface area contributed by atoms with Gasteiger partial charge in [0.1, 0.15) is 18.1 Å². The Bertz CT molecular complexity index is 1250. The number of hydrogen-bond donors (Lipinski definition) is 1. The standard InChI is InChI=1S/C18H15F3N8O/c1-27-16(24-9-25-27)17(30)28-6-5-11-14(23-8-22-11)15(28)12-7-10-3-2-4-13(18(19,20)21)29(10)26-12/h2-4,7-9,15H,5-6H2,1H3,(H,22,23)/t15-/m0/s1. The zero-order chi connectivity index (χ0) is 21.0. The first-order chi connectivity index (χ1) is 14.3. The SMILES string of the molecule is Cn1ncnc1C(=O)N1CCc2[nH]cnc2[C@@H]1c1cc2cccc(C(F)(F)F)n2n1. The molecular weight excluding hydrogens is 401 g/mol. The van der Waals surface area contributed by atoms with Gasteiger partial charge < -0.3 is 9.88 Å². The van der Waals surface area contributed by atoms with Crippen molar-refractivity contribution in [1.29, 1.82) is 0 Å². The molecule has 0 aliphatic carbocycles. The van der Waals surface area contributed by atoms with E-state index in [1.165, 1.54) is 34.4 Å². The molecule has 4 aromatic rings. The first kappa shape index (κ1) is 18.3. The molecule has 154 valence electrons. The van der Waals surface area contributed by atoms with Crippen LogP contribution in [0.25, 0.3) is 5.52 Å². The van der Waals surface area contributed by atoms with E-state index in [4.69, 9.17) is 0 Å². The Kier molecular flexibility index (Phi) is 3.91. The molecule has 1 aliphatic heterocycles. The second kappa shape index (κ2) is 6.40. The van der Waals surface area contributed by atoms with Crippen molar-refractivity contribution < 1.29 is 18.0 Å². The molecule has 0 saturated heterocycles. The number of H-pyrrole nitrogens is 1. The van der Waals surface area contributed by atoms with Gasteiger partial charge in [-0.2, -0.15) is 23.4 Å². The highest BCUT2D eigenvalue weighted by Gasteiger charge is 2.39. The van der Waals surface area contributed by atoms with E-state index in [1.807, 2.05) is 0 Å². The summed E-state index contributed by atoms with van der Waals surface area (Å²) in [6.07, 6.45) is -1.27. The lowest BCUT2D eigenvalue weighted by molar-refractivity contribution is -0.142. The molecule has 1 atom stereocenters. The lowest BCUT2D eigenvalue weighted by atomic mass is 9.99. The number of fused-ring (bicyclic) bond motifs is 2. The van der Waals surface area contributed by atoms with Crippen molar-refractivity contribution in [2.45, 2.75) is 18.6 Å². The minimum atomic E-state index is -4.57. The second-order valence-electron chi connectivity index (χ2n) is 6.94. The number of halogens is 3. The summed E-state index contributed by atoms with van der Waals surface area (Å²) in [6.45, 7) is 0.325. The van der Waals surface area contributed by atoms with Gasteiger partial charge in [-0.15, -0.1) is 0 Å². The van der Waals surface area contributed by atoms with Crippen LogP contribution in [0, 0.1) is 0 Å². The smallest absolute Gasteiger partial charge is 0.348 e. The molecule has 0 bridgehead atoms. The first-order valence-corrected chi connectivity index (χ1v) is 9.07. The van der Waals surface area contributed by atoms with Crippen molar-refractivity contribution in [2.24, 2.45) is 7.05 Å². The Labute approximate surface area is 167 Å². The highest BCUT2D eigenvalue weighted by molar-refractivity contribution is 5.91. The molecule has 0 radical (unpaired) electrons. The van der Waals surface area contributed by atoms with Gasteiger partial charge in [-0.1, -0.05) is 6.07 Å². The van der Waals surface area contributed by atoms with Crippen LogP contribution in [0.3, 0.4) is 0 Å². The first-order valence-electron chi connectivity index (χ1n) is 9.07. The van der Waals surface area contributed by atoms with Gasteiger partial charge in [-0.3, -0.25) is 4.79 Å². The summed E-state index contributed by atoms with van der Waals surface area (Å²) in [5.41, 5.74) is 1.03. The maximum absolute atomic E-state index is 13.4. The fraction of sp³-hybridized carbons (Fsp3) is 0.278. The molecular formula is C18H15F3N8O. The highest BCUT2D eigenvalue weighted by atomic mass is 19.4. The monoisotopic (exact) mass is 416 g/mol. The van der Waals surface area contributed by atoms with Crippen molar-refractivity contribution in [1.82, 2.24) is 39.2 Å². The maximum atomic E-state index is 13.4. The number of amides is 1. The van der Waals surface area contributed by atoms with E-state index in [2.05, 4.69) is 25.1 Å². The Hall–Kier alpha value is -3.70. The predicted octanol–water partition coefficient (Wildman–Crippen LogP) is 1.99. The molecule has 0 unspecified atom stereocenters. The number of hydrogen-bond acceptors (Lipinski definition) is 5. The Morgan fingerprint density at radius 3 is 2.83 bits per heavy atom. The predicted molar refractivity (Wildman–Crippen MR) is 96.4 cm³/mol. The van der Waals surface area contributed by atoms with E-state index in [9.17, 15) is 18.0 Å². The normalized spacial score (nSPS) is 16.8. The molecule has 0 saturated carbocycles. The Balaban J connectivity index is 1.66. The van der Waals surface area contributed by atoms with E-state index in [-0.39, 0.29) is 17.0 Å². The van der Waals surface area contributed by atoms with Crippen LogP contribution in [0.1, 0.15) is 39.4 Å². The summed E-state index contributed by atoms with van der Waals surface area (Å²) in [6, 6.07) is 4.61. The van der Waals surface area contributed by atoms with Crippen molar-refractivity contribution in [2.75, 3.05) is 6.54 Å². The Morgan fingerprint density at radius 2 is 2.10 bits per heavy atom. The number of carbonyl (C=O) groups excluding carboxylic acids is 1. The van der Waals surface area contributed by atoms with E-state index in [0.717, 1.165) is 16.3 Å². The van der Waals surface area contributed by atoms with E-state index >= 15 is 0 Å². The van der Waals surface area contributed by atoms with Crippen LogP contribution in [0.2, 0.25) is 0 Å². The van der Waals surface area contributed by atoms with Crippen LogP contribution in [0.5, 0.6) is 0 Å². The average molecular weight is 416 g/mol. The van der Waals surface area contributed by atoms with Crippen LogP contribution in [0.15, 0.2) is 36.9 Å². The molecule has 0 aromatic carbocycles. The third-order valence-corrected chi connectivity index (χ3v) is 5.16. The third-order valence-electron chi connectivity index (χ3n) is 5.16. The second-order valence-corrected chi connectivity index (χ2v) is 6.94. The van der Waals surface area contributed by atoms with E-state index in [0.29, 0.717) is 18.7 Å². The summed E-state index contributed by atoms with van der Waals surface area (Å²) < 4.78 is 42.5. The summed E-state index contributed by atoms with van der Waals surface area (Å²) in [7, 11) is 1.60. The van der Waals surface area contributed by atoms with Gasteiger partial charge in [-0.05, 0) is 18.2 Å². The van der Waals surface area contributed by atoms with Crippen molar-refractivity contribution in [3.05, 3.63) is 65.5 Å². The topological polar surface area (TPSA) is 97.0 Å². The molecule has 1 N–H and O–H groups in total. The molecule has 1 amide bonds. The van der Waals surface area contributed by atoms with Crippen LogP contribution in [0.4, 0.5) is 13.2 Å². The number of nitrogens with one attached hydrogen (secondary N) is 1. The minimum absolute atomic E-state index is 0.124. The molecule has 5 rings (SSSR count). The van der Waals surface area contributed by atoms with Crippen LogP contribution in [-0.4, -0.2) is 51.7 Å². The lowest BCUT2D eigenvalue weighted by Crippen LogP contribution is -2.42. The number of pyridine rings is 1. The molecule has 9 nitrogen and oxygen atoms in total. The van der Waals surface area contributed by atoms with Crippen molar-refractivity contribution >= 4 is 11.4 Å². The molecule has 1 aliphatic rings. The van der Waals surface area contributed by atoms with Crippen LogP contribution < -0.4 is 0 Å². The number of rotatable bonds is 2. The minimum Gasteiger partial charge on any atom is -0.348 e. The van der Waals surface area contributed by atoms with Gasteiger partial charge in [0.2, 0.25) is 5.82 Å². The fourth-order valence-electron chi connectivity index (χ4n) is 3.80. The number of aromatic nitrogens is 7. The van der Waals surface area contributed by atoms with Gasteiger partial charge in [0.15, 0.2) is 0 Å². The number of imidazole rings is 1. The number of carbonyl (C=O) groups is 1. The molecule has 4 aromatic heterocycles. The number of aryl methyl sites for hydroxylation is 1. The highest BCUT2D eigenvalue weighted by Crippen LogP contribution is 2.35. The van der Waals surface area contributed by atoms with Gasteiger partial charge >= 0.3 is 6.18 Å². The van der Waals surface area contributed by atoms with Gasteiger partial charge in [0.05, 0.1) is 23.2 Å². The largest absolute Gasteiger partial charge is 0.433 e. The molecule has 12 heteroatoms. The van der Waals surface area contributed by atoms with Crippen molar-refractivity contribution in [3.63, 3.8) is 0 Å². The van der Waals surface area contributed by atoms with E-state index < -0.39 is 23.8 Å². The molecule has 0 spiro atoms. The quantitative estimate of drug-likeness (QED) is 0.539. The molecule has 30 heavy (non-hydrogen) atoms. The summed E-state index contributed by atoms with van der Waals surface area (Å²) in [5, 5.41) is 8.15. The zero-order valence-corrected chi connectivity index (χ0v) is 15.6. The molecule has 0 fully saturated rings. The summed E-state index contributed by atoms with van der Waals surface area (Å²) in [5.74, 6) is -0.277. The third kappa shape index (κ3) is 2.75. The van der Waals surface area contributed by atoms with Gasteiger partial charge in [0.25, 0.3) is 5.91 Å². The molecule has 5 heterocycles. The summed E-state index contributed by atoms with van der Waals surface area (Å²) in [4.78, 5) is 26.1. The van der Waals surface area contributed by atoms with Crippen LogP contribution in [-0.2, 0) is 19.6 Å².